The first-order valence-corrected chi connectivity index (χ1v) is 9.37. The van der Waals surface area contributed by atoms with E-state index in [0.717, 1.165) is 0 Å². The molecule has 0 radical (unpaired) electrons. The number of nitrogens with zero attached hydrogens (tertiary/aromatic N) is 1. The molecule has 30 heavy (non-hydrogen) atoms. The molecule has 2 rings (SSSR count). The predicted octanol–water partition coefficient (Wildman–Crippen LogP) is 1.38. The lowest BCUT2D eigenvalue weighted by Crippen LogP contribution is -2.47. The molecule has 1 heterocycles. The summed E-state index contributed by atoms with van der Waals surface area (Å²) in [5.74, 6) is -2.78. The number of carbonyl (C=O) groups is 3. The van der Waals surface area contributed by atoms with E-state index in [1.165, 1.54) is 29.7 Å². The van der Waals surface area contributed by atoms with Crippen LogP contribution in [-0.2, 0) is 11.8 Å². The number of rotatable bonds is 7. The Labute approximate surface area is 173 Å². The van der Waals surface area contributed by atoms with E-state index in [1.54, 1.807) is 27.8 Å². The fraction of sp³-hybridized carbons (Fsp3) is 0.381. The van der Waals surface area contributed by atoms with Crippen LogP contribution in [0.5, 0.6) is 0 Å². The molecule has 2 atom stereocenters. The minimum atomic E-state index is -1.05. The van der Waals surface area contributed by atoms with Crippen molar-refractivity contribution in [2.24, 2.45) is 7.05 Å². The van der Waals surface area contributed by atoms with Gasteiger partial charge in [0.05, 0.1) is 30.0 Å². The van der Waals surface area contributed by atoms with Gasteiger partial charge in [-0.2, -0.15) is 0 Å². The van der Waals surface area contributed by atoms with Crippen LogP contribution in [0.2, 0.25) is 0 Å². The van der Waals surface area contributed by atoms with Gasteiger partial charge in [0.1, 0.15) is 5.82 Å². The number of hydrogen-bond acceptors (Lipinski definition) is 5. The number of Topliss-reactive ketones (excluding diaryl/α,β-unsaturated/α-hetero) is 1. The maximum absolute atomic E-state index is 13.5. The molecular weight excluding hydrogens is 393 g/mol. The van der Waals surface area contributed by atoms with Crippen molar-refractivity contribution in [3.8, 4) is 0 Å². The Kier molecular flexibility index (Phi) is 7.12. The summed E-state index contributed by atoms with van der Waals surface area (Å²) in [5, 5.41) is 23.8. The molecule has 8 nitrogen and oxygen atoms in total. The highest BCUT2D eigenvalue weighted by Crippen LogP contribution is 2.24. The van der Waals surface area contributed by atoms with Crippen LogP contribution in [-0.4, -0.2) is 51.1 Å². The number of aliphatic hydroxyl groups excluding tert-OH is 2. The van der Waals surface area contributed by atoms with Gasteiger partial charge in [-0.25, -0.2) is 4.39 Å². The number of aromatic nitrogens is 1. The third-order valence-electron chi connectivity index (χ3n) is 5.09. The van der Waals surface area contributed by atoms with Gasteiger partial charge in [-0.15, -0.1) is 0 Å². The zero-order valence-electron chi connectivity index (χ0n) is 17.5. The molecule has 0 spiro atoms. The second-order valence-corrected chi connectivity index (χ2v) is 7.24. The Hall–Kier alpha value is -3.04. The van der Waals surface area contributed by atoms with Crippen molar-refractivity contribution >= 4 is 23.3 Å². The Morgan fingerprint density at radius 2 is 1.83 bits per heavy atom. The van der Waals surface area contributed by atoms with Crippen LogP contribution in [0.1, 0.15) is 44.6 Å². The maximum Gasteiger partial charge on any atom is 0.294 e. The predicted molar refractivity (Wildman–Crippen MR) is 109 cm³/mol. The lowest BCUT2D eigenvalue weighted by molar-refractivity contribution is -0.118. The van der Waals surface area contributed by atoms with E-state index in [9.17, 15) is 29.0 Å². The van der Waals surface area contributed by atoms with Crippen molar-refractivity contribution in [1.82, 2.24) is 9.88 Å². The summed E-state index contributed by atoms with van der Waals surface area (Å²) in [6.45, 7) is 5.61. The molecule has 2 amide bonds. The van der Waals surface area contributed by atoms with Crippen molar-refractivity contribution in [1.29, 1.82) is 0 Å². The quantitative estimate of drug-likeness (QED) is 0.399. The van der Waals surface area contributed by atoms with Gasteiger partial charge in [0, 0.05) is 18.4 Å². The molecule has 1 unspecified atom stereocenters. The molecule has 0 saturated heterocycles. The third-order valence-corrected chi connectivity index (χ3v) is 5.09. The van der Waals surface area contributed by atoms with E-state index in [1.807, 2.05) is 0 Å². The van der Waals surface area contributed by atoms with Crippen LogP contribution in [0, 0.1) is 26.6 Å². The maximum atomic E-state index is 13.5. The Morgan fingerprint density at radius 3 is 2.37 bits per heavy atom. The molecule has 9 heteroatoms. The first-order chi connectivity index (χ1) is 14.0. The van der Waals surface area contributed by atoms with Crippen LogP contribution in [0.15, 0.2) is 18.2 Å². The summed E-state index contributed by atoms with van der Waals surface area (Å²) < 4.78 is 14.9. The van der Waals surface area contributed by atoms with Crippen LogP contribution >= 0.6 is 0 Å². The number of aryl methyl sites for hydroxylation is 1. The molecule has 1 aromatic carbocycles. The van der Waals surface area contributed by atoms with E-state index in [2.05, 4.69) is 10.6 Å². The standard InChI is InChI=1S/C21H26FN3O5/c1-10-8-14(6-7-15(10)22)23-20(29)17-11(2)18(25(5)12(17)3)19(28)21(30)24-16(9-26)13(4)27/h6-8,13,16,26-27H,9H2,1-5H3,(H,23,29)(H,24,30)/t13-,16?/m0/s1. The second-order valence-electron chi connectivity index (χ2n) is 7.24. The first-order valence-electron chi connectivity index (χ1n) is 9.37. The lowest BCUT2D eigenvalue weighted by Gasteiger charge is -2.18. The number of hydrogen-bond donors (Lipinski definition) is 4. The van der Waals surface area contributed by atoms with Gasteiger partial charge in [-0.3, -0.25) is 14.4 Å². The summed E-state index contributed by atoms with van der Waals surface area (Å²) in [6, 6.07) is 3.17. The largest absolute Gasteiger partial charge is 0.394 e. The highest BCUT2D eigenvalue weighted by molar-refractivity contribution is 6.43. The normalized spacial score (nSPS) is 12.9. The fourth-order valence-corrected chi connectivity index (χ4v) is 3.21. The van der Waals surface area contributed by atoms with Gasteiger partial charge in [-0.05, 0) is 57.0 Å². The number of aliphatic hydroxyl groups is 2. The lowest BCUT2D eigenvalue weighted by atomic mass is 10.1. The number of nitrogens with one attached hydrogen (secondary N) is 2. The van der Waals surface area contributed by atoms with Crippen LogP contribution in [0.25, 0.3) is 0 Å². The van der Waals surface area contributed by atoms with Gasteiger partial charge in [0.15, 0.2) is 0 Å². The topological polar surface area (TPSA) is 121 Å². The SMILES string of the molecule is Cc1cc(NC(=O)c2c(C)c(C(=O)C(=O)NC(CO)[C@H](C)O)n(C)c2C)ccc1F. The molecule has 0 aliphatic carbocycles. The number of carbonyl (C=O) groups excluding carboxylic acids is 3. The van der Waals surface area contributed by atoms with E-state index in [4.69, 9.17) is 0 Å². The Bertz CT molecular complexity index is 997. The molecule has 0 aliphatic rings. The molecular formula is C21H26FN3O5. The minimum Gasteiger partial charge on any atom is -0.394 e. The summed E-state index contributed by atoms with van der Waals surface area (Å²) in [7, 11) is 1.56. The Balaban J connectivity index is 2.33. The Morgan fingerprint density at radius 1 is 1.20 bits per heavy atom. The third kappa shape index (κ3) is 4.58. The molecule has 0 bridgehead atoms. The smallest absolute Gasteiger partial charge is 0.294 e. The second kappa shape index (κ2) is 9.19. The van der Waals surface area contributed by atoms with Gasteiger partial charge in [0.2, 0.25) is 0 Å². The molecule has 0 saturated carbocycles. The zero-order chi connectivity index (χ0) is 22.7. The average molecular weight is 419 g/mol. The number of amides is 2. The molecule has 0 fully saturated rings. The highest BCUT2D eigenvalue weighted by atomic mass is 19.1. The number of ketones is 1. The summed E-state index contributed by atoms with van der Waals surface area (Å²) in [5.41, 5.74) is 1.80. The summed E-state index contributed by atoms with van der Waals surface area (Å²) >= 11 is 0. The van der Waals surface area contributed by atoms with Crippen molar-refractivity contribution < 1.29 is 29.0 Å². The van der Waals surface area contributed by atoms with Gasteiger partial charge >= 0.3 is 0 Å². The van der Waals surface area contributed by atoms with Crippen molar-refractivity contribution in [2.45, 2.75) is 39.8 Å². The van der Waals surface area contributed by atoms with Crippen LogP contribution in [0.4, 0.5) is 10.1 Å². The minimum absolute atomic E-state index is 0.0210. The van der Waals surface area contributed by atoms with Crippen LogP contribution in [0.3, 0.4) is 0 Å². The first kappa shape index (κ1) is 23.2. The van der Waals surface area contributed by atoms with E-state index in [0.29, 0.717) is 22.5 Å². The number of benzene rings is 1. The molecule has 4 N–H and O–H groups in total. The molecule has 162 valence electrons. The molecule has 1 aromatic heterocycles. The number of halogens is 1. The van der Waals surface area contributed by atoms with Crippen molar-refractivity contribution in [3.63, 3.8) is 0 Å². The summed E-state index contributed by atoms with van der Waals surface area (Å²) in [6.07, 6.45) is -1.05. The van der Waals surface area contributed by atoms with Gasteiger partial charge in [0.25, 0.3) is 17.6 Å². The zero-order valence-corrected chi connectivity index (χ0v) is 17.5. The monoisotopic (exact) mass is 419 g/mol. The average Bonchev–Trinajstić information content (AvgIpc) is 2.90. The van der Waals surface area contributed by atoms with E-state index >= 15 is 0 Å². The summed E-state index contributed by atoms with van der Waals surface area (Å²) in [4.78, 5) is 37.9. The van der Waals surface area contributed by atoms with Crippen LogP contribution < -0.4 is 10.6 Å². The molecule has 2 aromatic rings. The molecule has 0 aliphatic heterocycles. The van der Waals surface area contributed by atoms with Crippen molar-refractivity contribution in [2.75, 3.05) is 11.9 Å². The number of anilines is 1. The van der Waals surface area contributed by atoms with E-state index in [-0.39, 0.29) is 11.3 Å². The highest BCUT2D eigenvalue weighted by Gasteiger charge is 2.30. The van der Waals surface area contributed by atoms with E-state index < -0.39 is 42.2 Å². The van der Waals surface area contributed by atoms with Crippen molar-refractivity contribution in [3.05, 3.63) is 52.1 Å². The van der Waals surface area contributed by atoms with Gasteiger partial charge < -0.3 is 25.4 Å². The van der Waals surface area contributed by atoms with Gasteiger partial charge in [-0.1, -0.05) is 0 Å². The fourth-order valence-electron chi connectivity index (χ4n) is 3.21.